The maximum Gasteiger partial charge on any atom is 0.118 e. The van der Waals surface area contributed by atoms with E-state index in [1.807, 2.05) is 0 Å². The number of likely N-dealkylation sites (N-methyl/N-ethyl adjacent to an activating group) is 1. The van der Waals surface area contributed by atoms with E-state index in [1.54, 1.807) is 0 Å². The first kappa shape index (κ1) is 4.23. The van der Waals surface area contributed by atoms with E-state index in [2.05, 4.69) is 4.74 Å². The van der Waals surface area contributed by atoms with Gasteiger partial charge in [0.2, 0.25) is 0 Å². The highest BCUT2D eigenvalue weighted by atomic mass is 16.5. The molecule has 1 aromatic carbocycles. The molecule has 20 heavy (non-hydrogen) atoms. The minimum Gasteiger partial charge on any atom is -0.497 e. The fourth-order valence-corrected chi connectivity index (χ4v) is 1.65. The molecule has 1 aliphatic carbocycles. The van der Waals surface area contributed by atoms with Crippen LogP contribution in [0.3, 0.4) is 0 Å². The number of hydrogen-bond acceptors (Lipinski definition) is 3. The summed E-state index contributed by atoms with van der Waals surface area (Å²) in [4.78, 5) is 1.03. The van der Waals surface area contributed by atoms with E-state index >= 15 is 0 Å². The van der Waals surface area contributed by atoms with Gasteiger partial charge in [-0.2, -0.15) is 0 Å². The molecule has 1 fully saturated rings. The van der Waals surface area contributed by atoms with Gasteiger partial charge in [0.05, 0.1) is 22.2 Å². The first-order valence-corrected chi connectivity index (χ1v) is 5.70. The van der Waals surface area contributed by atoms with Crippen molar-refractivity contribution in [2.24, 2.45) is 0 Å². The predicted octanol–water partition coefficient (Wildman–Crippen LogP) is 3.04. The second kappa shape index (κ2) is 6.59. The summed E-state index contributed by atoms with van der Waals surface area (Å²) < 4.78 is 151. The Kier molecular flexibility index (Phi) is 1.40. The summed E-state index contributed by atoms with van der Waals surface area (Å²) in [7, 11) is -0.792. The summed E-state index contributed by atoms with van der Waals surface area (Å²) in [5.74, 6) is -4.57. The van der Waals surface area contributed by atoms with Crippen LogP contribution in [0.2, 0.25) is 0 Å². The van der Waals surface area contributed by atoms with Gasteiger partial charge in [-0.15, -0.1) is 0 Å². The molecule has 0 saturated heterocycles. The fraction of sp³-hybridized carbons (Fsp3) is 0.647. The van der Waals surface area contributed by atoms with Crippen LogP contribution in [0.25, 0.3) is 0 Å². The number of aliphatic hydroxyl groups is 1. The Balaban J connectivity index is 3.19. The Morgan fingerprint density at radius 3 is 2.60 bits per heavy atom. The molecule has 112 valence electrons. The minimum atomic E-state index is -4.23. The molecular formula is C17H27NO2. The van der Waals surface area contributed by atoms with Crippen LogP contribution in [-0.4, -0.2) is 43.3 Å². The van der Waals surface area contributed by atoms with E-state index in [1.165, 1.54) is 14.1 Å². The second-order valence-corrected chi connectivity index (χ2v) is 4.36. The zero-order valence-corrected chi connectivity index (χ0v) is 11.0. The monoisotopic (exact) mass is 295 g/mol. The molecule has 1 atom stereocenters. The third kappa shape index (κ3) is 3.53. The Morgan fingerprint density at radius 1 is 1.40 bits per heavy atom. The van der Waals surface area contributed by atoms with Crippen molar-refractivity contribution in [3.8, 4) is 5.75 Å². The number of rotatable bonds is 5. The lowest BCUT2D eigenvalue weighted by Crippen LogP contribution is -2.42. The lowest BCUT2D eigenvalue weighted by Gasteiger charge is -2.40. The molecule has 1 aliphatic rings. The first-order chi connectivity index (χ1) is 16.5. The molecule has 1 unspecified atom stereocenters. The van der Waals surface area contributed by atoms with E-state index < -0.39 is 92.4 Å². The summed E-state index contributed by atoms with van der Waals surface area (Å²) in [5, 5.41) is 11.9. The number of hydrogen-bond donors (Lipinski definition) is 1. The van der Waals surface area contributed by atoms with Crippen molar-refractivity contribution >= 4 is 0 Å². The second-order valence-electron chi connectivity index (χ2n) is 4.36. The predicted molar refractivity (Wildman–Crippen MR) is 82.3 cm³/mol. The van der Waals surface area contributed by atoms with Crippen molar-refractivity contribution in [2.75, 3.05) is 27.7 Å². The summed E-state index contributed by atoms with van der Waals surface area (Å²) in [5.41, 5.74) is -5.45. The number of methoxy groups -OCH3 is 1. The van der Waals surface area contributed by atoms with Crippen LogP contribution in [0.1, 0.15) is 68.0 Å². The maximum atomic E-state index is 11.9. The van der Waals surface area contributed by atoms with Crippen LogP contribution < -0.4 is 4.74 Å². The van der Waals surface area contributed by atoms with Gasteiger partial charge in [-0.1, -0.05) is 31.2 Å². The molecule has 3 nitrogen and oxygen atoms in total. The van der Waals surface area contributed by atoms with Gasteiger partial charge in [0.15, 0.2) is 0 Å². The van der Waals surface area contributed by atoms with Crippen molar-refractivity contribution in [3.63, 3.8) is 0 Å². The SMILES string of the molecule is [2H]c1c([2H])c(C([2H])(CN(C)C)C2(O)C([2H])([2H])C([2H])([2H])C([2H])([2H])C([2H])([2H])C2([2H])[2H])c([2H])c([2H])c1OC([2H])([2H])[2H]. The zero-order valence-electron chi connectivity index (χ0n) is 29.0. The van der Waals surface area contributed by atoms with E-state index in [0.29, 0.717) is 0 Å². The quantitative estimate of drug-likeness (QED) is 0.906. The number of ether oxygens (including phenoxy) is 1. The minimum absolute atomic E-state index is 1.03. The topological polar surface area (TPSA) is 32.7 Å². The molecule has 0 bridgehead atoms. The molecule has 0 heterocycles. The normalized spacial score (nSPS) is 47.8. The molecule has 0 aliphatic heterocycles. The molecular weight excluding hydrogens is 250 g/mol. The van der Waals surface area contributed by atoms with E-state index in [9.17, 15) is 6.48 Å². The van der Waals surface area contributed by atoms with Gasteiger partial charge in [0.25, 0.3) is 0 Å². The van der Waals surface area contributed by atoms with Crippen LogP contribution >= 0.6 is 0 Å². The molecule has 0 radical (unpaired) electrons. The van der Waals surface area contributed by atoms with Crippen LogP contribution in [0.15, 0.2) is 24.2 Å². The molecule has 1 aromatic rings. The van der Waals surface area contributed by atoms with Crippen LogP contribution in [0.5, 0.6) is 5.75 Å². The Morgan fingerprint density at radius 2 is 2.05 bits per heavy atom. The molecule has 2 rings (SSSR count). The van der Waals surface area contributed by atoms with Crippen molar-refractivity contribution < 1.29 is 34.5 Å². The van der Waals surface area contributed by atoms with Crippen molar-refractivity contribution in [1.82, 2.24) is 4.90 Å². The fourth-order valence-electron chi connectivity index (χ4n) is 1.65. The lowest BCUT2D eigenvalue weighted by molar-refractivity contribution is -0.0277. The third-order valence-electron chi connectivity index (χ3n) is 2.53. The summed E-state index contributed by atoms with van der Waals surface area (Å²) >= 11 is 0. The average Bonchev–Trinajstić information content (AvgIpc) is 2.72. The zero-order chi connectivity index (χ0) is 30.5. The summed E-state index contributed by atoms with van der Waals surface area (Å²) in [6, 6.07) is -4.93. The van der Waals surface area contributed by atoms with Gasteiger partial charge in [-0.05, 0) is 44.5 Å². The Bertz CT molecular complexity index is 1050. The van der Waals surface area contributed by atoms with E-state index in [0.717, 1.165) is 4.90 Å². The van der Waals surface area contributed by atoms with E-state index in [-0.39, 0.29) is 0 Å². The van der Waals surface area contributed by atoms with Gasteiger partial charge in [-0.25, -0.2) is 0 Å². The summed E-state index contributed by atoms with van der Waals surface area (Å²) in [6.07, 6.45) is -20.3. The molecule has 1 N–H and O–H groups in total. The van der Waals surface area contributed by atoms with Gasteiger partial charge in [0.1, 0.15) is 5.75 Å². The first-order valence-electron chi connectivity index (χ1n) is 14.7. The van der Waals surface area contributed by atoms with Gasteiger partial charge in [0, 0.05) is 27.5 Å². The maximum absolute atomic E-state index is 11.9. The van der Waals surface area contributed by atoms with Gasteiger partial charge in [-0.3, -0.25) is 0 Å². The van der Waals surface area contributed by atoms with Gasteiger partial charge >= 0.3 is 0 Å². The smallest absolute Gasteiger partial charge is 0.118 e. The number of nitrogens with zero attached hydrogens (tertiary/aromatic N) is 1. The Hall–Kier alpha value is -1.06. The average molecular weight is 296 g/mol. The highest BCUT2D eigenvalue weighted by molar-refractivity contribution is 5.31. The van der Waals surface area contributed by atoms with E-state index in [4.69, 9.17) is 23.3 Å². The third-order valence-corrected chi connectivity index (χ3v) is 2.53. The Labute approximate surface area is 147 Å². The summed E-state index contributed by atoms with van der Waals surface area (Å²) in [6.45, 7) is -1.05. The molecule has 0 amide bonds. The van der Waals surface area contributed by atoms with Gasteiger partial charge < -0.3 is 14.7 Å². The largest absolute Gasteiger partial charge is 0.497 e. The highest BCUT2D eigenvalue weighted by Crippen LogP contribution is 2.40. The molecule has 0 spiro atoms. The lowest BCUT2D eigenvalue weighted by atomic mass is 9.72. The number of benzene rings is 1. The molecule has 1 saturated carbocycles. The van der Waals surface area contributed by atoms with Crippen LogP contribution in [0, 0.1) is 0 Å². The molecule has 0 aromatic heterocycles. The molecule has 3 heteroatoms. The highest BCUT2D eigenvalue weighted by Gasteiger charge is 2.38. The van der Waals surface area contributed by atoms with Crippen molar-refractivity contribution in [2.45, 2.75) is 43.4 Å². The van der Waals surface area contributed by atoms with Crippen LogP contribution in [0.4, 0.5) is 0 Å². The standard InChI is InChI=1S/C17H27NO2/c1-18(2)13-16(17(19)11-5-4-6-12-17)14-7-9-15(20-3)10-8-14/h7-10,16,19H,4-6,11-13H2,1-3H3/i3D3,4D2,5D2,6D2,7D,8D,9D,10D,11D2,12D2,16D. The van der Waals surface area contributed by atoms with Crippen LogP contribution in [-0.2, 0) is 0 Å². The van der Waals surface area contributed by atoms with Crippen molar-refractivity contribution in [1.29, 1.82) is 0 Å². The van der Waals surface area contributed by atoms with Crippen molar-refractivity contribution in [3.05, 3.63) is 29.7 Å².